The highest BCUT2D eigenvalue weighted by atomic mass is 16.5. The molecule has 1 N–H and O–H groups in total. The summed E-state index contributed by atoms with van der Waals surface area (Å²) in [7, 11) is 1.38. The maximum Gasteiger partial charge on any atom is 0.338 e. The Kier molecular flexibility index (Phi) is 3.90. The molecular formula is C15H17NO3. The van der Waals surface area contributed by atoms with Gasteiger partial charge in [0, 0.05) is 11.3 Å². The van der Waals surface area contributed by atoms with Gasteiger partial charge in [-0.2, -0.15) is 0 Å². The number of furan rings is 1. The van der Waals surface area contributed by atoms with Crippen LogP contribution < -0.4 is 5.32 Å². The van der Waals surface area contributed by atoms with Crippen molar-refractivity contribution >= 4 is 11.7 Å². The molecule has 0 spiro atoms. The van der Waals surface area contributed by atoms with Crippen molar-refractivity contribution in [3.8, 4) is 0 Å². The van der Waals surface area contributed by atoms with E-state index in [9.17, 15) is 4.79 Å². The third-order valence-corrected chi connectivity index (χ3v) is 3.15. The Hall–Kier alpha value is -2.23. The molecule has 100 valence electrons. The van der Waals surface area contributed by atoms with Crippen molar-refractivity contribution < 1.29 is 13.9 Å². The Labute approximate surface area is 112 Å². The molecule has 0 fully saturated rings. The van der Waals surface area contributed by atoms with Gasteiger partial charge in [0.05, 0.1) is 31.2 Å². The van der Waals surface area contributed by atoms with Crippen LogP contribution in [0.2, 0.25) is 0 Å². The second-order valence-electron chi connectivity index (χ2n) is 4.39. The summed E-state index contributed by atoms with van der Waals surface area (Å²) in [5.74, 6) is -0.322. The lowest BCUT2D eigenvalue weighted by Crippen LogP contribution is -2.10. The van der Waals surface area contributed by atoms with Crippen LogP contribution in [0.1, 0.15) is 34.5 Å². The number of nitrogens with one attached hydrogen (secondary N) is 1. The number of esters is 1. The maximum atomic E-state index is 11.6. The summed E-state index contributed by atoms with van der Waals surface area (Å²) < 4.78 is 9.84. The molecule has 0 saturated heterocycles. The molecule has 4 heteroatoms. The van der Waals surface area contributed by atoms with E-state index in [4.69, 9.17) is 9.15 Å². The number of hydrogen-bond donors (Lipinski definition) is 1. The zero-order chi connectivity index (χ0) is 13.8. The molecule has 1 aromatic carbocycles. The largest absolute Gasteiger partial charge is 0.472 e. The average molecular weight is 259 g/mol. The molecule has 0 aliphatic rings. The molecule has 2 aromatic rings. The van der Waals surface area contributed by atoms with E-state index in [-0.39, 0.29) is 12.0 Å². The lowest BCUT2D eigenvalue weighted by atomic mass is 10.1. The van der Waals surface area contributed by atoms with Crippen LogP contribution >= 0.6 is 0 Å². The monoisotopic (exact) mass is 259 g/mol. The van der Waals surface area contributed by atoms with Gasteiger partial charge in [-0.1, -0.05) is 6.07 Å². The van der Waals surface area contributed by atoms with Crippen LogP contribution in [-0.2, 0) is 4.74 Å². The van der Waals surface area contributed by atoms with E-state index in [1.807, 2.05) is 32.0 Å². The number of ether oxygens (including phenoxy) is 1. The van der Waals surface area contributed by atoms with Crippen molar-refractivity contribution in [3.05, 3.63) is 53.5 Å². The molecule has 1 unspecified atom stereocenters. The van der Waals surface area contributed by atoms with E-state index in [1.165, 1.54) is 7.11 Å². The molecule has 19 heavy (non-hydrogen) atoms. The van der Waals surface area contributed by atoms with E-state index in [0.717, 1.165) is 16.8 Å². The summed E-state index contributed by atoms with van der Waals surface area (Å²) in [6.45, 7) is 3.94. The summed E-state index contributed by atoms with van der Waals surface area (Å²) in [5, 5.41) is 3.36. The van der Waals surface area contributed by atoms with Gasteiger partial charge in [-0.15, -0.1) is 0 Å². The predicted octanol–water partition coefficient (Wildman–Crippen LogP) is 3.55. The highest BCUT2D eigenvalue weighted by molar-refractivity contribution is 5.92. The first kappa shape index (κ1) is 13.2. The van der Waals surface area contributed by atoms with Crippen LogP contribution in [0.5, 0.6) is 0 Å². The fraction of sp³-hybridized carbons (Fsp3) is 0.267. The van der Waals surface area contributed by atoms with E-state index in [0.29, 0.717) is 5.56 Å². The molecule has 4 nitrogen and oxygen atoms in total. The molecule has 1 aromatic heterocycles. The summed E-state index contributed by atoms with van der Waals surface area (Å²) >= 11 is 0. The van der Waals surface area contributed by atoms with Gasteiger partial charge < -0.3 is 14.5 Å². The van der Waals surface area contributed by atoms with Crippen molar-refractivity contribution in [2.24, 2.45) is 0 Å². The smallest absolute Gasteiger partial charge is 0.338 e. The topological polar surface area (TPSA) is 51.5 Å². The predicted molar refractivity (Wildman–Crippen MR) is 73.3 cm³/mol. The molecule has 1 heterocycles. The van der Waals surface area contributed by atoms with Crippen molar-refractivity contribution in [1.29, 1.82) is 0 Å². The second-order valence-corrected chi connectivity index (χ2v) is 4.39. The van der Waals surface area contributed by atoms with E-state index >= 15 is 0 Å². The molecule has 0 aliphatic carbocycles. The Morgan fingerprint density at radius 3 is 2.79 bits per heavy atom. The van der Waals surface area contributed by atoms with Crippen LogP contribution in [0, 0.1) is 6.92 Å². The molecule has 1 atom stereocenters. The summed E-state index contributed by atoms with van der Waals surface area (Å²) in [6.07, 6.45) is 3.35. The third kappa shape index (κ3) is 2.78. The van der Waals surface area contributed by atoms with E-state index in [1.54, 1.807) is 18.6 Å². The van der Waals surface area contributed by atoms with Gasteiger partial charge >= 0.3 is 5.97 Å². The van der Waals surface area contributed by atoms with Gasteiger partial charge in [0.2, 0.25) is 0 Å². The van der Waals surface area contributed by atoms with Crippen LogP contribution in [-0.4, -0.2) is 13.1 Å². The normalized spacial score (nSPS) is 11.9. The number of carbonyl (C=O) groups is 1. The summed E-state index contributed by atoms with van der Waals surface area (Å²) in [6, 6.07) is 7.55. The number of hydrogen-bond acceptors (Lipinski definition) is 4. The van der Waals surface area contributed by atoms with Gasteiger partial charge in [0.25, 0.3) is 0 Å². The van der Waals surface area contributed by atoms with Crippen molar-refractivity contribution in [1.82, 2.24) is 0 Å². The number of benzene rings is 1. The molecular weight excluding hydrogens is 242 g/mol. The van der Waals surface area contributed by atoms with E-state index in [2.05, 4.69) is 5.32 Å². The molecule has 0 amide bonds. The first-order valence-corrected chi connectivity index (χ1v) is 6.10. The molecule has 0 radical (unpaired) electrons. The van der Waals surface area contributed by atoms with Crippen molar-refractivity contribution in [3.63, 3.8) is 0 Å². The molecule has 0 saturated carbocycles. The third-order valence-electron chi connectivity index (χ3n) is 3.15. The van der Waals surface area contributed by atoms with Crippen molar-refractivity contribution in [2.75, 3.05) is 12.4 Å². The number of anilines is 1. The van der Waals surface area contributed by atoms with Gasteiger partial charge in [-0.25, -0.2) is 4.79 Å². The fourth-order valence-corrected chi connectivity index (χ4v) is 1.96. The Morgan fingerprint density at radius 1 is 1.37 bits per heavy atom. The molecule has 0 bridgehead atoms. The summed E-state index contributed by atoms with van der Waals surface area (Å²) in [4.78, 5) is 11.6. The summed E-state index contributed by atoms with van der Waals surface area (Å²) in [5.41, 5.74) is 3.43. The first-order valence-electron chi connectivity index (χ1n) is 6.10. The fourth-order valence-electron chi connectivity index (χ4n) is 1.96. The van der Waals surface area contributed by atoms with Crippen LogP contribution in [0.4, 0.5) is 5.69 Å². The maximum absolute atomic E-state index is 11.6. The highest BCUT2D eigenvalue weighted by Crippen LogP contribution is 2.24. The van der Waals surface area contributed by atoms with Crippen LogP contribution in [0.15, 0.2) is 41.2 Å². The molecule has 0 aliphatic heterocycles. The van der Waals surface area contributed by atoms with Crippen LogP contribution in [0.3, 0.4) is 0 Å². The minimum absolute atomic E-state index is 0.102. The number of methoxy groups -OCH3 is 1. The minimum atomic E-state index is -0.322. The Balaban J connectivity index is 2.24. The minimum Gasteiger partial charge on any atom is -0.472 e. The van der Waals surface area contributed by atoms with Gasteiger partial charge in [-0.3, -0.25) is 0 Å². The lowest BCUT2D eigenvalue weighted by molar-refractivity contribution is 0.0600. The van der Waals surface area contributed by atoms with Gasteiger partial charge in [0.1, 0.15) is 0 Å². The highest BCUT2D eigenvalue weighted by Gasteiger charge is 2.13. The van der Waals surface area contributed by atoms with Gasteiger partial charge in [-0.05, 0) is 37.6 Å². The molecule has 2 rings (SSSR count). The quantitative estimate of drug-likeness (QED) is 0.853. The Bertz CT molecular complexity index is 561. The Morgan fingerprint density at radius 2 is 2.16 bits per heavy atom. The lowest BCUT2D eigenvalue weighted by Gasteiger charge is -2.17. The zero-order valence-electron chi connectivity index (χ0n) is 11.3. The number of carbonyl (C=O) groups excluding carboxylic acids is 1. The number of rotatable bonds is 4. The average Bonchev–Trinajstić information content (AvgIpc) is 2.94. The van der Waals surface area contributed by atoms with Crippen LogP contribution in [0.25, 0.3) is 0 Å². The second kappa shape index (κ2) is 5.61. The van der Waals surface area contributed by atoms with Gasteiger partial charge in [0.15, 0.2) is 0 Å². The first-order chi connectivity index (χ1) is 9.13. The zero-order valence-corrected chi connectivity index (χ0v) is 11.3. The van der Waals surface area contributed by atoms with Crippen molar-refractivity contribution in [2.45, 2.75) is 19.9 Å². The SMILES string of the molecule is COC(=O)c1cccc(NC(C)c2ccoc2)c1C. The standard InChI is InChI=1S/C15H17NO3/c1-10-13(15(17)18-3)5-4-6-14(10)16-11(2)12-7-8-19-9-12/h4-9,11,16H,1-3H3. The van der Waals surface area contributed by atoms with E-state index < -0.39 is 0 Å².